The van der Waals surface area contributed by atoms with Gasteiger partial charge in [-0.05, 0) is 12.8 Å². The molecular weight excluding hydrogens is 166 g/mol. The number of hydrogen-bond acceptors (Lipinski definition) is 3. The van der Waals surface area contributed by atoms with E-state index < -0.39 is 0 Å². The average Bonchev–Trinajstić information content (AvgIpc) is 2.02. The highest BCUT2D eigenvalue weighted by atomic mass is 16.1. The normalized spacial score (nSPS) is 35.4. The Kier molecular flexibility index (Phi) is 2.51. The monoisotopic (exact) mass is 183 g/mol. The second-order valence-corrected chi connectivity index (χ2v) is 4.01. The minimum Gasteiger partial charge on any atom is -0.369 e. The summed E-state index contributed by atoms with van der Waals surface area (Å²) in [7, 11) is 0. The molecular formula is C9H17N3O. The molecule has 1 saturated carbocycles. The second-order valence-electron chi connectivity index (χ2n) is 4.01. The number of amides is 1. The summed E-state index contributed by atoms with van der Waals surface area (Å²) in [6, 6.07) is 0.625. The van der Waals surface area contributed by atoms with Crippen LogP contribution in [0.2, 0.25) is 0 Å². The Morgan fingerprint density at radius 1 is 1.31 bits per heavy atom. The summed E-state index contributed by atoms with van der Waals surface area (Å²) in [5.41, 5.74) is 5.22. The highest BCUT2D eigenvalue weighted by molar-refractivity contribution is 5.77. The molecule has 3 N–H and O–H groups in total. The summed E-state index contributed by atoms with van der Waals surface area (Å²) in [5, 5.41) is 3.32. The number of carbonyl (C=O) groups excluding carboxylic acids is 1. The molecule has 1 aliphatic carbocycles. The van der Waals surface area contributed by atoms with E-state index in [0.717, 1.165) is 39.0 Å². The van der Waals surface area contributed by atoms with Crippen LogP contribution in [0.15, 0.2) is 0 Å². The number of nitrogens with zero attached hydrogens (tertiary/aromatic N) is 1. The van der Waals surface area contributed by atoms with Crippen LogP contribution in [0, 0.1) is 5.92 Å². The summed E-state index contributed by atoms with van der Waals surface area (Å²) in [6.07, 6.45) is 1.96. The molecule has 0 aromatic carbocycles. The third kappa shape index (κ3) is 1.84. The first-order valence-corrected chi connectivity index (χ1v) is 5.01. The zero-order valence-corrected chi connectivity index (χ0v) is 7.83. The van der Waals surface area contributed by atoms with Crippen LogP contribution in [-0.4, -0.2) is 43.0 Å². The van der Waals surface area contributed by atoms with Crippen LogP contribution in [0.25, 0.3) is 0 Å². The lowest BCUT2D eigenvalue weighted by molar-refractivity contribution is -0.126. The molecule has 1 amide bonds. The molecule has 0 unspecified atom stereocenters. The van der Waals surface area contributed by atoms with Crippen molar-refractivity contribution in [1.82, 2.24) is 10.2 Å². The molecule has 2 rings (SSSR count). The van der Waals surface area contributed by atoms with Gasteiger partial charge in [-0.15, -0.1) is 0 Å². The van der Waals surface area contributed by atoms with Gasteiger partial charge in [0, 0.05) is 38.1 Å². The van der Waals surface area contributed by atoms with E-state index >= 15 is 0 Å². The number of nitrogens with one attached hydrogen (secondary N) is 1. The molecule has 0 aromatic rings. The third-order valence-electron chi connectivity index (χ3n) is 3.18. The fourth-order valence-corrected chi connectivity index (χ4v) is 2.17. The van der Waals surface area contributed by atoms with Crippen molar-refractivity contribution >= 4 is 5.91 Å². The van der Waals surface area contributed by atoms with Crippen molar-refractivity contribution < 1.29 is 4.79 Å². The van der Waals surface area contributed by atoms with Crippen molar-refractivity contribution in [3.63, 3.8) is 0 Å². The standard InChI is InChI=1S/C9H17N3O/c10-9(13)7-5-8(6-7)12-3-1-11-2-4-12/h7-8,11H,1-6H2,(H2,10,13). The molecule has 0 aromatic heterocycles. The van der Waals surface area contributed by atoms with E-state index in [1.807, 2.05) is 0 Å². The molecule has 1 heterocycles. The Hall–Kier alpha value is -0.610. The van der Waals surface area contributed by atoms with Gasteiger partial charge >= 0.3 is 0 Å². The van der Waals surface area contributed by atoms with Gasteiger partial charge in [0.05, 0.1) is 0 Å². The van der Waals surface area contributed by atoms with Crippen molar-refractivity contribution in [3.8, 4) is 0 Å². The fraction of sp³-hybridized carbons (Fsp3) is 0.889. The topological polar surface area (TPSA) is 58.4 Å². The van der Waals surface area contributed by atoms with E-state index in [4.69, 9.17) is 5.73 Å². The minimum atomic E-state index is -0.119. The zero-order chi connectivity index (χ0) is 9.26. The van der Waals surface area contributed by atoms with Crippen molar-refractivity contribution in [1.29, 1.82) is 0 Å². The summed E-state index contributed by atoms with van der Waals surface area (Å²) in [6.45, 7) is 4.40. The van der Waals surface area contributed by atoms with Crippen molar-refractivity contribution in [2.75, 3.05) is 26.2 Å². The first kappa shape index (κ1) is 8.97. The van der Waals surface area contributed by atoms with Crippen LogP contribution >= 0.6 is 0 Å². The largest absolute Gasteiger partial charge is 0.369 e. The van der Waals surface area contributed by atoms with Crippen molar-refractivity contribution in [3.05, 3.63) is 0 Å². The molecule has 1 aliphatic heterocycles. The molecule has 4 nitrogen and oxygen atoms in total. The van der Waals surface area contributed by atoms with Gasteiger partial charge in [-0.3, -0.25) is 9.69 Å². The first-order valence-electron chi connectivity index (χ1n) is 5.01. The van der Waals surface area contributed by atoms with Gasteiger partial charge in [0.2, 0.25) is 5.91 Å². The quantitative estimate of drug-likeness (QED) is 0.586. The molecule has 74 valence electrons. The smallest absolute Gasteiger partial charge is 0.220 e. The van der Waals surface area contributed by atoms with Crippen molar-refractivity contribution in [2.24, 2.45) is 11.7 Å². The van der Waals surface area contributed by atoms with E-state index in [9.17, 15) is 4.79 Å². The predicted octanol–water partition coefficient (Wildman–Crippen LogP) is -0.844. The molecule has 4 heteroatoms. The van der Waals surface area contributed by atoms with Gasteiger partial charge in [0.15, 0.2) is 0 Å². The predicted molar refractivity (Wildman–Crippen MR) is 50.1 cm³/mol. The van der Waals surface area contributed by atoms with Gasteiger partial charge in [-0.2, -0.15) is 0 Å². The van der Waals surface area contributed by atoms with Crippen LogP contribution in [0.1, 0.15) is 12.8 Å². The SMILES string of the molecule is NC(=O)C1CC(N2CCNCC2)C1. The van der Waals surface area contributed by atoms with Crippen LogP contribution in [0.4, 0.5) is 0 Å². The maximum absolute atomic E-state index is 10.8. The van der Waals surface area contributed by atoms with E-state index in [1.54, 1.807) is 0 Å². The highest BCUT2D eigenvalue weighted by Crippen LogP contribution is 2.31. The average molecular weight is 183 g/mol. The molecule has 0 bridgehead atoms. The van der Waals surface area contributed by atoms with E-state index in [0.29, 0.717) is 6.04 Å². The van der Waals surface area contributed by atoms with Gasteiger partial charge in [-0.1, -0.05) is 0 Å². The fourth-order valence-electron chi connectivity index (χ4n) is 2.17. The third-order valence-corrected chi connectivity index (χ3v) is 3.18. The summed E-state index contributed by atoms with van der Waals surface area (Å²) in [4.78, 5) is 13.3. The lowest BCUT2D eigenvalue weighted by atomic mass is 9.78. The zero-order valence-electron chi connectivity index (χ0n) is 7.83. The first-order chi connectivity index (χ1) is 6.27. The van der Waals surface area contributed by atoms with Crippen LogP contribution in [-0.2, 0) is 4.79 Å². The molecule has 2 aliphatic rings. The lowest BCUT2D eigenvalue weighted by Gasteiger charge is -2.43. The van der Waals surface area contributed by atoms with Gasteiger partial charge in [0.1, 0.15) is 0 Å². The van der Waals surface area contributed by atoms with Gasteiger partial charge < -0.3 is 11.1 Å². The Balaban J connectivity index is 1.75. The summed E-state index contributed by atoms with van der Waals surface area (Å²) in [5.74, 6) is 0.0336. The molecule has 0 spiro atoms. The highest BCUT2D eigenvalue weighted by Gasteiger charge is 2.36. The van der Waals surface area contributed by atoms with E-state index in [2.05, 4.69) is 10.2 Å². The maximum atomic E-state index is 10.8. The maximum Gasteiger partial charge on any atom is 0.220 e. The summed E-state index contributed by atoms with van der Waals surface area (Å²) >= 11 is 0. The summed E-state index contributed by atoms with van der Waals surface area (Å²) < 4.78 is 0. The van der Waals surface area contributed by atoms with Gasteiger partial charge in [-0.25, -0.2) is 0 Å². The molecule has 1 saturated heterocycles. The van der Waals surface area contributed by atoms with Gasteiger partial charge in [0.25, 0.3) is 0 Å². The Labute approximate surface area is 78.5 Å². The van der Waals surface area contributed by atoms with E-state index in [-0.39, 0.29) is 11.8 Å². The van der Waals surface area contributed by atoms with Crippen LogP contribution < -0.4 is 11.1 Å². The number of primary amides is 1. The number of carbonyl (C=O) groups is 1. The molecule has 0 atom stereocenters. The van der Waals surface area contributed by atoms with Crippen LogP contribution in [0.5, 0.6) is 0 Å². The molecule has 13 heavy (non-hydrogen) atoms. The molecule has 0 radical (unpaired) electrons. The van der Waals surface area contributed by atoms with E-state index in [1.165, 1.54) is 0 Å². The number of piperazine rings is 1. The Morgan fingerprint density at radius 3 is 2.46 bits per heavy atom. The lowest BCUT2D eigenvalue weighted by Crippen LogP contribution is -2.54. The number of hydrogen-bond donors (Lipinski definition) is 2. The molecule has 2 fully saturated rings. The Bertz CT molecular complexity index is 195. The van der Waals surface area contributed by atoms with Crippen LogP contribution in [0.3, 0.4) is 0 Å². The second kappa shape index (κ2) is 3.64. The Morgan fingerprint density at radius 2 is 1.92 bits per heavy atom. The number of nitrogens with two attached hydrogens (primary N) is 1. The minimum absolute atomic E-state index is 0.119. The number of rotatable bonds is 2. The van der Waals surface area contributed by atoms with Crippen molar-refractivity contribution in [2.45, 2.75) is 18.9 Å².